The molecule has 0 radical (unpaired) electrons. The number of fused-ring (bicyclic) bond motifs is 1. The van der Waals surface area contributed by atoms with Gasteiger partial charge in [0.2, 0.25) is 5.91 Å². The summed E-state index contributed by atoms with van der Waals surface area (Å²) >= 11 is 0. The topological polar surface area (TPSA) is 58.6 Å². The van der Waals surface area contributed by atoms with Crippen LogP contribution in [0.2, 0.25) is 0 Å². The molecule has 26 heavy (non-hydrogen) atoms. The average molecular weight is 352 g/mol. The van der Waals surface area contributed by atoms with Crippen molar-refractivity contribution in [2.24, 2.45) is 0 Å². The summed E-state index contributed by atoms with van der Waals surface area (Å²) in [6, 6.07) is 12.8. The van der Waals surface area contributed by atoms with Gasteiger partial charge >= 0.3 is 0 Å². The van der Waals surface area contributed by atoms with Crippen molar-refractivity contribution in [3.05, 3.63) is 53.6 Å². The van der Waals surface area contributed by atoms with Gasteiger partial charge in [-0.25, -0.2) is 0 Å². The minimum absolute atomic E-state index is 0.0193. The fourth-order valence-electron chi connectivity index (χ4n) is 3.02. The molecule has 2 amide bonds. The van der Waals surface area contributed by atoms with Crippen molar-refractivity contribution in [2.75, 3.05) is 23.4 Å². The van der Waals surface area contributed by atoms with Crippen molar-refractivity contribution in [3.8, 4) is 5.75 Å². The Bertz CT molecular complexity index is 799. The Morgan fingerprint density at radius 3 is 2.62 bits per heavy atom. The molecule has 136 valence electrons. The minimum atomic E-state index is -0.183. The lowest BCUT2D eigenvalue weighted by molar-refractivity contribution is -0.116. The molecule has 0 bridgehead atoms. The molecule has 1 aliphatic rings. The highest BCUT2D eigenvalue weighted by molar-refractivity contribution is 6.05. The third kappa shape index (κ3) is 4.04. The Kier molecular flexibility index (Phi) is 5.56. The quantitative estimate of drug-likeness (QED) is 0.799. The number of anilines is 2. The highest BCUT2D eigenvalue weighted by Crippen LogP contribution is 2.31. The van der Waals surface area contributed by atoms with Crippen LogP contribution in [0.25, 0.3) is 0 Å². The van der Waals surface area contributed by atoms with Crippen LogP contribution in [-0.2, 0) is 11.2 Å². The predicted molar refractivity (Wildman–Crippen MR) is 103 cm³/mol. The van der Waals surface area contributed by atoms with Crippen molar-refractivity contribution in [1.29, 1.82) is 0 Å². The number of rotatable bonds is 6. The second kappa shape index (κ2) is 8.04. The van der Waals surface area contributed by atoms with Gasteiger partial charge in [0.15, 0.2) is 0 Å². The molecule has 0 saturated carbocycles. The normalized spacial score (nSPS) is 12.6. The number of benzene rings is 2. The fraction of sp³-hybridized carbons (Fsp3) is 0.333. The molecule has 5 heteroatoms. The van der Waals surface area contributed by atoms with E-state index in [-0.39, 0.29) is 11.8 Å². The summed E-state index contributed by atoms with van der Waals surface area (Å²) in [7, 11) is 0. The van der Waals surface area contributed by atoms with Crippen molar-refractivity contribution in [1.82, 2.24) is 0 Å². The van der Waals surface area contributed by atoms with Gasteiger partial charge in [0, 0.05) is 30.4 Å². The van der Waals surface area contributed by atoms with Crippen LogP contribution in [0.3, 0.4) is 0 Å². The number of nitrogens with one attached hydrogen (secondary N) is 1. The Labute approximate surface area is 154 Å². The molecule has 1 N–H and O–H groups in total. The first-order valence-electron chi connectivity index (χ1n) is 9.03. The Morgan fingerprint density at radius 1 is 1.15 bits per heavy atom. The van der Waals surface area contributed by atoms with Crippen LogP contribution in [0.5, 0.6) is 5.75 Å². The number of hydrogen-bond donors (Lipinski definition) is 1. The third-order valence-corrected chi connectivity index (χ3v) is 4.50. The molecule has 1 heterocycles. The molecule has 0 aromatic heterocycles. The SMILES string of the molecule is CCCCOc1ccc(C(=O)Nc2ccc3c(c2)N(C(C)=O)CC3)cc1. The number of nitrogens with zero attached hydrogens (tertiary/aromatic N) is 1. The lowest BCUT2D eigenvalue weighted by Gasteiger charge is -2.16. The van der Waals surface area contributed by atoms with Crippen molar-refractivity contribution >= 4 is 23.2 Å². The molecule has 2 aromatic rings. The highest BCUT2D eigenvalue weighted by atomic mass is 16.5. The molecule has 0 aliphatic carbocycles. The largest absolute Gasteiger partial charge is 0.494 e. The first-order chi connectivity index (χ1) is 12.6. The summed E-state index contributed by atoms with van der Waals surface area (Å²) in [6.45, 7) is 5.06. The Balaban J connectivity index is 1.67. The zero-order chi connectivity index (χ0) is 18.5. The average Bonchev–Trinajstić information content (AvgIpc) is 3.06. The second-order valence-electron chi connectivity index (χ2n) is 6.44. The molecule has 0 saturated heterocycles. The van der Waals surface area contributed by atoms with Gasteiger partial charge in [0.05, 0.1) is 6.61 Å². The fourth-order valence-corrected chi connectivity index (χ4v) is 3.02. The van der Waals surface area contributed by atoms with Gasteiger partial charge in [0.1, 0.15) is 5.75 Å². The van der Waals surface area contributed by atoms with Gasteiger partial charge in [-0.15, -0.1) is 0 Å². The zero-order valence-electron chi connectivity index (χ0n) is 15.2. The monoisotopic (exact) mass is 352 g/mol. The van der Waals surface area contributed by atoms with Gasteiger partial charge in [-0.2, -0.15) is 0 Å². The number of ether oxygens (including phenoxy) is 1. The highest BCUT2D eigenvalue weighted by Gasteiger charge is 2.22. The summed E-state index contributed by atoms with van der Waals surface area (Å²) in [5.41, 5.74) is 3.27. The van der Waals surface area contributed by atoms with E-state index >= 15 is 0 Å². The maximum atomic E-state index is 12.5. The molecule has 5 nitrogen and oxygen atoms in total. The molecule has 1 aliphatic heterocycles. The molecule has 3 rings (SSSR count). The van der Waals surface area contributed by atoms with Crippen molar-refractivity contribution in [3.63, 3.8) is 0 Å². The van der Waals surface area contributed by atoms with Crippen LogP contribution in [0.1, 0.15) is 42.6 Å². The van der Waals surface area contributed by atoms with Crippen LogP contribution < -0.4 is 15.0 Å². The minimum Gasteiger partial charge on any atom is -0.494 e. The Hall–Kier alpha value is -2.82. The molecule has 0 atom stereocenters. The van der Waals surface area contributed by atoms with Crippen LogP contribution in [-0.4, -0.2) is 25.0 Å². The van der Waals surface area contributed by atoms with E-state index in [9.17, 15) is 9.59 Å². The maximum Gasteiger partial charge on any atom is 0.255 e. The van der Waals surface area contributed by atoms with E-state index < -0.39 is 0 Å². The summed E-state index contributed by atoms with van der Waals surface area (Å²) in [5.74, 6) is 0.605. The smallest absolute Gasteiger partial charge is 0.255 e. The zero-order valence-corrected chi connectivity index (χ0v) is 15.2. The number of unbranched alkanes of at least 4 members (excludes halogenated alkanes) is 1. The molecule has 2 aromatic carbocycles. The van der Waals surface area contributed by atoms with E-state index in [2.05, 4.69) is 12.2 Å². The number of amides is 2. The first kappa shape index (κ1) is 18.0. The van der Waals surface area contributed by atoms with E-state index in [4.69, 9.17) is 4.74 Å². The van der Waals surface area contributed by atoms with Crippen LogP contribution in [0.15, 0.2) is 42.5 Å². The van der Waals surface area contributed by atoms with E-state index in [1.54, 1.807) is 24.0 Å². The first-order valence-corrected chi connectivity index (χ1v) is 9.03. The van der Waals surface area contributed by atoms with E-state index in [1.807, 2.05) is 30.3 Å². The van der Waals surface area contributed by atoms with Crippen LogP contribution in [0.4, 0.5) is 11.4 Å². The molecular weight excluding hydrogens is 328 g/mol. The van der Waals surface area contributed by atoms with E-state index in [0.29, 0.717) is 24.4 Å². The van der Waals surface area contributed by atoms with E-state index in [1.165, 1.54) is 0 Å². The third-order valence-electron chi connectivity index (χ3n) is 4.50. The number of carbonyl (C=O) groups excluding carboxylic acids is 2. The van der Waals surface area contributed by atoms with Gasteiger partial charge in [-0.05, 0) is 54.8 Å². The van der Waals surface area contributed by atoms with Gasteiger partial charge in [0.25, 0.3) is 5.91 Å². The molecule has 0 unspecified atom stereocenters. The Morgan fingerprint density at radius 2 is 1.92 bits per heavy atom. The lowest BCUT2D eigenvalue weighted by atomic mass is 10.1. The van der Waals surface area contributed by atoms with Crippen LogP contribution >= 0.6 is 0 Å². The summed E-state index contributed by atoms with van der Waals surface area (Å²) < 4.78 is 5.61. The maximum absolute atomic E-state index is 12.5. The molecular formula is C21H24N2O3. The summed E-state index contributed by atoms with van der Waals surface area (Å²) in [4.78, 5) is 25.9. The lowest BCUT2D eigenvalue weighted by Crippen LogP contribution is -2.25. The number of carbonyl (C=O) groups is 2. The molecule has 0 spiro atoms. The second-order valence-corrected chi connectivity index (χ2v) is 6.44. The van der Waals surface area contributed by atoms with Crippen molar-refractivity contribution in [2.45, 2.75) is 33.1 Å². The van der Waals surface area contributed by atoms with Gasteiger partial charge in [-0.3, -0.25) is 9.59 Å². The summed E-state index contributed by atoms with van der Waals surface area (Å²) in [5, 5.41) is 2.90. The number of hydrogen-bond acceptors (Lipinski definition) is 3. The molecule has 0 fully saturated rings. The predicted octanol–water partition coefficient (Wildman–Crippen LogP) is 4.03. The summed E-state index contributed by atoms with van der Waals surface area (Å²) in [6.07, 6.45) is 2.95. The van der Waals surface area contributed by atoms with E-state index in [0.717, 1.165) is 36.3 Å². The standard InChI is InChI=1S/C21H24N2O3/c1-3-4-13-26-19-9-6-17(7-10-19)21(25)22-18-8-5-16-11-12-23(15(2)24)20(16)14-18/h5-10,14H,3-4,11-13H2,1-2H3,(H,22,25). The van der Waals surface area contributed by atoms with Gasteiger partial charge < -0.3 is 15.0 Å². The van der Waals surface area contributed by atoms with Crippen LogP contribution in [0, 0.1) is 0 Å². The van der Waals surface area contributed by atoms with Gasteiger partial charge in [-0.1, -0.05) is 19.4 Å². The van der Waals surface area contributed by atoms with Crippen molar-refractivity contribution < 1.29 is 14.3 Å².